The Kier molecular flexibility index (Phi) is 7.13. The first-order chi connectivity index (χ1) is 7.02. The third kappa shape index (κ3) is 8.24. The van der Waals surface area contributed by atoms with Crippen LogP contribution >= 0.6 is 0 Å². The lowest BCUT2D eigenvalue weighted by Crippen LogP contribution is -2.25. The fourth-order valence-electron chi connectivity index (χ4n) is 0.737. The fourth-order valence-corrected chi connectivity index (χ4v) is 0.737. The molecule has 90 valence electrons. The van der Waals surface area contributed by atoms with E-state index in [4.69, 9.17) is 9.62 Å². The summed E-state index contributed by atoms with van der Waals surface area (Å²) in [5.74, 6) is 0. The van der Waals surface area contributed by atoms with E-state index in [0.717, 1.165) is 25.7 Å². The highest BCUT2D eigenvalue weighted by Crippen LogP contribution is 2.14. The Hall–Kier alpha value is -0.770. The minimum Gasteiger partial charge on any atom is -0.432 e. The average Bonchev–Trinajstić information content (AvgIpc) is 2.22. The lowest BCUT2D eigenvalue weighted by Gasteiger charge is -2.19. The van der Waals surface area contributed by atoms with Crippen molar-refractivity contribution in [3.8, 4) is 0 Å². The van der Waals surface area contributed by atoms with Crippen LogP contribution in [0.4, 0.5) is 4.79 Å². The molecule has 0 aromatic carbocycles. The Bertz CT molecular complexity index is 177. The number of hydrogen-bond donors (Lipinski definition) is 0. The third-order valence-electron chi connectivity index (χ3n) is 2.15. The molecule has 0 fully saturated rings. The minimum absolute atomic E-state index is 0.391. The molecule has 0 saturated carbocycles. The summed E-state index contributed by atoms with van der Waals surface area (Å²) in [6.45, 7) is 8.12. The number of hydrogen-bond acceptors (Lipinski definition) is 4. The lowest BCUT2D eigenvalue weighted by molar-refractivity contribution is -0.317. The maximum atomic E-state index is 11.0. The van der Waals surface area contributed by atoms with Gasteiger partial charge in [0.1, 0.15) is 5.60 Å². The highest BCUT2D eigenvalue weighted by Gasteiger charge is 2.19. The Labute approximate surface area is 91.8 Å². The van der Waals surface area contributed by atoms with Crippen molar-refractivity contribution in [2.45, 2.75) is 59.0 Å². The predicted octanol–water partition coefficient (Wildman–Crippen LogP) is 3.45. The zero-order valence-electron chi connectivity index (χ0n) is 10.2. The smallest absolute Gasteiger partial charge is 0.432 e. The van der Waals surface area contributed by atoms with Crippen LogP contribution in [0.15, 0.2) is 0 Å². The van der Waals surface area contributed by atoms with Crippen LogP contribution in [0.25, 0.3) is 0 Å². The van der Waals surface area contributed by atoms with Crippen molar-refractivity contribution < 1.29 is 19.3 Å². The molecule has 4 nitrogen and oxygen atoms in total. The average molecular weight is 218 g/mol. The molecule has 4 heteroatoms. The Morgan fingerprint density at radius 2 is 1.87 bits per heavy atom. The summed E-state index contributed by atoms with van der Waals surface area (Å²) in [5, 5.41) is 0. The standard InChI is InChI=1S/C11H22O4/c1-5-7-8-9-13-10(12)14-15-11(3,4)6-2/h5-9H2,1-4H3. The molecular weight excluding hydrogens is 196 g/mol. The predicted molar refractivity (Wildman–Crippen MR) is 57.4 cm³/mol. The van der Waals surface area contributed by atoms with Gasteiger partial charge in [0.05, 0.1) is 6.61 Å². The van der Waals surface area contributed by atoms with E-state index in [1.54, 1.807) is 0 Å². The van der Waals surface area contributed by atoms with Crippen LogP contribution in [-0.2, 0) is 14.5 Å². The highest BCUT2D eigenvalue weighted by atomic mass is 17.2. The Balaban J connectivity index is 3.49. The van der Waals surface area contributed by atoms with Crippen molar-refractivity contribution in [3.63, 3.8) is 0 Å². The van der Waals surface area contributed by atoms with E-state index in [2.05, 4.69) is 11.8 Å². The monoisotopic (exact) mass is 218 g/mol. The first-order valence-electron chi connectivity index (χ1n) is 5.54. The van der Waals surface area contributed by atoms with Gasteiger partial charge in [0.2, 0.25) is 0 Å². The molecule has 0 amide bonds. The van der Waals surface area contributed by atoms with E-state index in [1.807, 2.05) is 20.8 Å². The largest absolute Gasteiger partial charge is 0.540 e. The van der Waals surface area contributed by atoms with Crippen LogP contribution in [0.3, 0.4) is 0 Å². The van der Waals surface area contributed by atoms with Crippen LogP contribution < -0.4 is 0 Å². The zero-order valence-corrected chi connectivity index (χ0v) is 10.2. The SMILES string of the molecule is CCCCCOC(=O)OOC(C)(C)CC. The highest BCUT2D eigenvalue weighted by molar-refractivity contribution is 5.58. The van der Waals surface area contributed by atoms with Crippen LogP contribution in [0.5, 0.6) is 0 Å². The third-order valence-corrected chi connectivity index (χ3v) is 2.15. The molecule has 0 spiro atoms. The molecule has 15 heavy (non-hydrogen) atoms. The first kappa shape index (κ1) is 14.2. The van der Waals surface area contributed by atoms with Gasteiger partial charge in [0.25, 0.3) is 0 Å². The molecule has 0 aliphatic carbocycles. The van der Waals surface area contributed by atoms with E-state index in [-0.39, 0.29) is 0 Å². The molecule has 0 rings (SSSR count). The van der Waals surface area contributed by atoms with Gasteiger partial charge >= 0.3 is 6.16 Å². The molecule has 0 N–H and O–H groups in total. The number of ether oxygens (including phenoxy) is 1. The van der Waals surface area contributed by atoms with Gasteiger partial charge in [-0.3, -0.25) is 4.89 Å². The number of unbranched alkanes of at least 4 members (excludes halogenated alkanes) is 2. The summed E-state index contributed by atoms with van der Waals surface area (Å²) >= 11 is 0. The van der Waals surface area contributed by atoms with E-state index in [1.165, 1.54) is 0 Å². The van der Waals surface area contributed by atoms with Crippen molar-refractivity contribution in [2.75, 3.05) is 6.61 Å². The van der Waals surface area contributed by atoms with Gasteiger partial charge in [-0.15, -0.1) is 0 Å². The minimum atomic E-state index is -0.757. The van der Waals surface area contributed by atoms with Crippen molar-refractivity contribution in [3.05, 3.63) is 0 Å². The summed E-state index contributed by atoms with van der Waals surface area (Å²) in [6.07, 6.45) is 3.01. The van der Waals surface area contributed by atoms with Crippen molar-refractivity contribution >= 4 is 6.16 Å². The topological polar surface area (TPSA) is 44.8 Å². The molecule has 0 aromatic rings. The lowest BCUT2D eigenvalue weighted by atomic mass is 10.1. The van der Waals surface area contributed by atoms with Crippen molar-refractivity contribution in [1.82, 2.24) is 0 Å². The van der Waals surface area contributed by atoms with E-state index < -0.39 is 11.8 Å². The second kappa shape index (κ2) is 7.51. The van der Waals surface area contributed by atoms with Crippen LogP contribution in [0.1, 0.15) is 53.4 Å². The maximum absolute atomic E-state index is 11.0. The summed E-state index contributed by atoms with van der Waals surface area (Å²) in [4.78, 5) is 20.4. The zero-order chi connectivity index (χ0) is 11.7. The number of carbonyl (C=O) groups excluding carboxylic acids is 1. The summed E-state index contributed by atoms with van der Waals surface area (Å²) < 4.78 is 4.80. The Morgan fingerprint density at radius 3 is 2.40 bits per heavy atom. The van der Waals surface area contributed by atoms with E-state index in [9.17, 15) is 4.79 Å². The molecule has 0 saturated heterocycles. The number of rotatable bonds is 7. The van der Waals surface area contributed by atoms with Crippen LogP contribution in [0.2, 0.25) is 0 Å². The molecule has 0 aliphatic heterocycles. The quantitative estimate of drug-likeness (QED) is 0.284. The first-order valence-corrected chi connectivity index (χ1v) is 5.54. The molecule has 0 atom stereocenters. The molecule has 0 radical (unpaired) electrons. The van der Waals surface area contributed by atoms with Gasteiger partial charge in [0, 0.05) is 0 Å². The molecule has 0 aromatic heterocycles. The van der Waals surface area contributed by atoms with Gasteiger partial charge < -0.3 is 4.74 Å². The molecule has 0 aliphatic rings. The summed E-state index contributed by atoms with van der Waals surface area (Å²) in [7, 11) is 0. The molecular formula is C11H22O4. The summed E-state index contributed by atoms with van der Waals surface area (Å²) in [5.41, 5.74) is -0.456. The van der Waals surface area contributed by atoms with Crippen LogP contribution in [-0.4, -0.2) is 18.4 Å². The van der Waals surface area contributed by atoms with Crippen LogP contribution in [0, 0.1) is 0 Å². The second-order valence-electron chi connectivity index (χ2n) is 4.09. The Morgan fingerprint density at radius 1 is 1.20 bits per heavy atom. The maximum Gasteiger partial charge on any atom is 0.540 e. The fraction of sp³-hybridized carbons (Fsp3) is 0.909. The molecule has 0 unspecified atom stereocenters. The van der Waals surface area contributed by atoms with Gasteiger partial charge in [-0.1, -0.05) is 26.7 Å². The molecule has 0 bridgehead atoms. The van der Waals surface area contributed by atoms with Gasteiger partial charge in [0.15, 0.2) is 0 Å². The van der Waals surface area contributed by atoms with Crippen molar-refractivity contribution in [1.29, 1.82) is 0 Å². The van der Waals surface area contributed by atoms with Gasteiger partial charge in [-0.25, -0.2) is 4.79 Å². The van der Waals surface area contributed by atoms with E-state index in [0.29, 0.717) is 6.61 Å². The second-order valence-corrected chi connectivity index (χ2v) is 4.09. The van der Waals surface area contributed by atoms with E-state index >= 15 is 0 Å². The van der Waals surface area contributed by atoms with Crippen molar-refractivity contribution in [2.24, 2.45) is 0 Å². The van der Waals surface area contributed by atoms with Gasteiger partial charge in [-0.05, 0) is 26.7 Å². The number of carbonyl (C=O) groups is 1. The van der Waals surface area contributed by atoms with Gasteiger partial charge in [-0.2, -0.15) is 4.89 Å². The molecule has 0 heterocycles. The summed E-state index contributed by atoms with van der Waals surface area (Å²) in [6, 6.07) is 0. The normalized spacial score (nSPS) is 11.2.